The lowest BCUT2D eigenvalue weighted by Crippen LogP contribution is -2.54. The normalized spacial score (nSPS) is 56.1. The Morgan fingerprint density at radius 3 is 2.75 bits per heavy atom. The number of aliphatic hydroxyl groups excluding tert-OH is 1. The fourth-order valence-corrected chi connectivity index (χ4v) is 8.79. The fraction of sp³-hybridized carbons (Fsp3) is 0.857. The van der Waals surface area contributed by atoms with Gasteiger partial charge in [0.25, 0.3) is 0 Å². The molecule has 0 aromatic rings. The average Bonchev–Trinajstić information content (AvgIpc) is 3.03. The molecule has 0 bridgehead atoms. The van der Waals surface area contributed by atoms with Gasteiger partial charge in [0.2, 0.25) is 0 Å². The van der Waals surface area contributed by atoms with Crippen molar-refractivity contribution in [1.29, 1.82) is 0 Å². The summed E-state index contributed by atoms with van der Waals surface area (Å²) in [5, 5.41) is 10.1. The van der Waals surface area contributed by atoms with Crippen LogP contribution >= 0.6 is 15.9 Å². The van der Waals surface area contributed by atoms with Crippen LogP contribution in [-0.4, -0.2) is 17.0 Å². The molecule has 0 amide bonds. The highest BCUT2D eigenvalue weighted by Gasteiger charge is 2.64. The first-order valence-corrected chi connectivity index (χ1v) is 10.9. The van der Waals surface area contributed by atoms with Gasteiger partial charge in [-0.2, -0.15) is 0 Å². The van der Waals surface area contributed by atoms with Crippen molar-refractivity contribution in [3.8, 4) is 0 Å². The van der Waals surface area contributed by atoms with E-state index in [0.717, 1.165) is 47.4 Å². The van der Waals surface area contributed by atoms with Crippen molar-refractivity contribution in [2.24, 2.45) is 40.4 Å². The third-order valence-electron chi connectivity index (χ3n) is 9.18. The van der Waals surface area contributed by atoms with E-state index in [1.807, 2.05) is 0 Å². The Kier molecular flexibility index (Phi) is 3.47. The molecule has 0 aromatic heterocycles. The number of allylic oxidation sites excluding steroid dienone is 2. The summed E-state index contributed by atoms with van der Waals surface area (Å²) in [6, 6.07) is 0. The summed E-state index contributed by atoms with van der Waals surface area (Å²) in [7, 11) is 0. The highest BCUT2D eigenvalue weighted by atomic mass is 79.9. The van der Waals surface area contributed by atoms with E-state index in [0.29, 0.717) is 11.2 Å². The molecule has 0 heterocycles. The Hall–Kier alpha value is -0.150. The first-order chi connectivity index (χ1) is 11.5. The van der Waals surface area contributed by atoms with E-state index in [-0.39, 0.29) is 17.4 Å². The van der Waals surface area contributed by atoms with Crippen molar-refractivity contribution in [3.63, 3.8) is 0 Å². The van der Waals surface area contributed by atoms with Gasteiger partial charge in [0.15, 0.2) is 5.78 Å². The summed E-state index contributed by atoms with van der Waals surface area (Å²) in [6.45, 7) is 2.54. The number of rotatable bonds is 0. The van der Waals surface area contributed by atoms with Gasteiger partial charge in [0, 0.05) is 11.3 Å². The quantitative estimate of drug-likeness (QED) is 0.639. The van der Waals surface area contributed by atoms with Gasteiger partial charge < -0.3 is 5.11 Å². The molecule has 8 atom stereocenters. The molecule has 0 radical (unpaired) electrons. The number of fused-ring (bicyclic) bond motifs is 4. The van der Waals surface area contributed by atoms with Gasteiger partial charge in [0.05, 0.1) is 10.6 Å². The Morgan fingerprint density at radius 2 is 1.92 bits per heavy atom. The maximum Gasteiger partial charge on any atom is 0.173 e. The number of aliphatic hydroxyl groups is 1. The van der Waals surface area contributed by atoms with Crippen molar-refractivity contribution in [2.45, 2.75) is 70.8 Å². The third-order valence-corrected chi connectivity index (χ3v) is 9.80. The maximum atomic E-state index is 12.6. The van der Waals surface area contributed by atoms with Gasteiger partial charge in [-0.15, -0.1) is 0 Å². The average molecular weight is 393 g/mol. The maximum absolute atomic E-state index is 12.6. The van der Waals surface area contributed by atoms with Crippen LogP contribution in [-0.2, 0) is 4.79 Å². The third kappa shape index (κ3) is 1.89. The molecular weight excluding hydrogens is 364 g/mol. The first-order valence-electron chi connectivity index (χ1n) is 10.1. The minimum Gasteiger partial charge on any atom is -0.393 e. The van der Waals surface area contributed by atoms with Gasteiger partial charge in [-0.1, -0.05) is 13.0 Å². The van der Waals surface area contributed by atoms with E-state index in [1.54, 1.807) is 0 Å². The zero-order valence-electron chi connectivity index (χ0n) is 14.6. The second-order valence-corrected chi connectivity index (χ2v) is 10.6. The van der Waals surface area contributed by atoms with Crippen LogP contribution < -0.4 is 0 Å². The van der Waals surface area contributed by atoms with Crippen molar-refractivity contribution < 1.29 is 9.90 Å². The monoisotopic (exact) mass is 392 g/mol. The van der Waals surface area contributed by atoms with Crippen LogP contribution in [0.5, 0.6) is 0 Å². The summed E-state index contributed by atoms with van der Waals surface area (Å²) in [6.07, 6.45) is 13.0. The number of hydrogen-bond donors (Lipinski definition) is 1. The Bertz CT molecular complexity index is 613. The zero-order chi connectivity index (χ0) is 16.7. The molecule has 5 rings (SSSR count). The van der Waals surface area contributed by atoms with Crippen LogP contribution in [0.3, 0.4) is 0 Å². The fourth-order valence-electron chi connectivity index (χ4n) is 8.09. The Morgan fingerprint density at radius 1 is 1.08 bits per heavy atom. The van der Waals surface area contributed by atoms with Crippen molar-refractivity contribution in [1.82, 2.24) is 0 Å². The smallest absolute Gasteiger partial charge is 0.173 e. The van der Waals surface area contributed by atoms with E-state index < -0.39 is 0 Å². The topological polar surface area (TPSA) is 37.3 Å². The number of Topliss-reactive ketones (excluding diaryl/α,β-unsaturated/α-hetero) is 1. The molecule has 3 heteroatoms. The van der Waals surface area contributed by atoms with E-state index >= 15 is 0 Å². The summed E-state index contributed by atoms with van der Waals surface area (Å²) < 4.78 is 0.872. The van der Waals surface area contributed by atoms with E-state index in [4.69, 9.17) is 0 Å². The van der Waals surface area contributed by atoms with Crippen LogP contribution in [0.4, 0.5) is 0 Å². The molecule has 132 valence electrons. The largest absolute Gasteiger partial charge is 0.393 e. The second-order valence-electron chi connectivity index (χ2n) is 9.72. The summed E-state index contributed by atoms with van der Waals surface area (Å²) >= 11 is 3.56. The van der Waals surface area contributed by atoms with Crippen LogP contribution in [0.15, 0.2) is 10.6 Å². The highest BCUT2D eigenvalue weighted by Crippen LogP contribution is 2.69. The lowest BCUT2D eigenvalue weighted by Gasteiger charge is -2.60. The minimum atomic E-state index is -0.0586. The molecule has 0 saturated heterocycles. The molecule has 0 aliphatic heterocycles. The molecule has 4 fully saturated rings. The molecule has 5 aliphatic rings. The van der Waals surface area contributed by atoms with Crippen LogP contribution in [0.2, 0.25) is 0 Å². The van der Waals surface area contributed by atoms with E-state index in [1.165, 1.54) is 38.5 Å². The van der Waals surface area contributed by atoms with Gasteiger partial charge >= 0.3 is 0 Å². The van der Waals surface area contributed by atoms with Crippen molar-refractivity contribution >= 4 is 21.7 Å². The highest BCUT2D eigenvalue weighted by molar-refractivity contribution is 9.12. The predicted octanol–water partition coefficient (Wildman–Crippen LogP) is 4.85. The lowest BCUT2D eigenvalue weighted by molar-refractivity contribution is -0.129. The van der Waals surface area contributed by atoms with Gasteiger partial charge in [0.1, 0.15) is 0 Å². The van der Waals surface area contributed by atoms with E-state index in [9.17, 15) is 9.90 Å². The number of hydrogen-bond acceptors (Lipinski definition) is 2. The standard InChI is InChI=1S/C21H29BrO2/c1-20-8-6-13(23)10-12(20)2-3-14-15(20)7-9-21-11-18(22)19(24)17(21)5-4-16(14)21/h11-17,23H,2-10H2,1H3/t12-,13+,14+,15-,16-,17+,20-,21+/m0/s1. The molecule has 1 spiro atoms. The van der Waals surface area contributed by atoms with Gasteiger partial charge in [-0.3, -0.25) is 4.79 Å². The second kappa shape index (κ2) is 5.19. The predicted molar refractivity (Wildman–Crippen MR) is 97.6 cm³/mol. The SMILES string of the molecule is C[C@]12CC[C@@H](O)C[C@@H]1CC[C@@H]1[C@@H]2CC[C@]23C=C(Br)C(=O)[C@H]2CC[C@@H]13. The number of carbonyl (C=O) groups is 1. The van der Waals surface area contributed by atoms with Crippen LogP contribution in [0, 0.1) is 40.4 Å². The number of carbonyl (C=O) groups excluding carboxylic acids is 1. The molecule has 2 nitrogen and oxygen atoms in total. The zero-order valence-corrected chi connectivity index (χ0v) is 16.2. The van der Waals surface area contributed by atoms with Gasteiger partial charge in [-0.25, -0.2) is 0 Å². The lowest BCUT2D eigenvalue weighted by atomic mass is 9.44. The summed E-state index contributed by atoms with van der Waals surface area (Å²) in [5.74, 6) is 3.74. The molecule has 24 heavy (non-hydrogen) atoms. The molecule has 1 N–H and O–H groups in total. The molecule has 5 aliphatic carbocycles. The molecular formula is C21H29BrO2. The number of ketones is 1. The van der Waals surface area contributed by atoms with Crippen LogP contribution in [0.1, 0.15) is 64.7 Å². The molecule has 0 aromatic carbocycles. The summed E-state index contributed by atoms with van der Waals surface area (Å²) in [4.78, 5) is 12.6. The van der Waals surface area contributed by atoms with Crippen molar-refractivity contribution in [2.75, 3.05) is 0 Å². The first kappa shape index (κ1) is 16.1. The van der Waals surface area contributed by atoms with E-state index in [2.05, 4.69) is 28.9 Å². The minimum absolute atomic E-state index is 0.0586. The van der Waals surface area contributed by atoms with Gasteiger partial charge in [-0.05, 0) is 103 Å². The summed E-state index contributed by atoms with van der Waals surface area (Å²) in [5.41, 5.74) is 0.625. The molecule has 0 unspecified atom stereocenters. The number of halogens is 1. The van der Waals surface area contributed by atoms with Crippen molar-refractivity contribution in [3.05, 3.63) is 10.6 Å². The Labute approximate surface area is 153 Å². The van der Waals surface area contributed by atoms with Crippen LogP contribution in [0.25, 0.3) is 0 Å². The molecule has 4 saturated carbocycles. The Balaban J connectivity index is 1.49.